The number of nitrogens with zero attached hydrogens (tertiary/aromatic N) is 1. The molecule has 2 aromatic rings. The second-order valence-corrected chi connectivity index (χ2v) is 8.53. The van der Waals surface area contributed by atoms with E-state index in [4.69, 9.17) is 11.6 Å². The number of sulfonamides is 1. The molecular weight excluding hydrogens is 372 g/mol. The SMILES string of the molecule is Cc1cccc(CCCNC(=O)CN(c2ccc(Cl)cc2)S(C)(=O)=O)c1. The molecule has 0 radical (unpaired) electrons. The van der Waals surface area contributed by atoms with E-state index < -0.39 is 10.0 Å². The van der Waals surface area contributed by atoms with Gasteiger partial charge in [-0.1, -0.05) is 41.4 Å². The molecule has 0 atom stereocenters. The number of benzene rings is 2. The summed E-state index contributed by atoms with van der Waals surface area (Å²) in [6, 6.07) is 14.6. The highest BCUT2D eigenvalue weighted by atomic mass is 35.5. The Balaban J connectivity index is 1.88. The first-order valence-corrected chi connectivity index (χ1v) is 10.5. The lowest BCUT2D eigenvalue weighted by atomic mass is 10.1. The van der Waals surface area contributed by atoms with Gasteiger partial charge >= 0.3 is 0 Å². The van der Waals surface area contributed by atoms with Crippen LogP contribution in [0.3, 0.4) is 0 Å². The fraction of sp³-hybridized carbons (Fsp3) is 0.316. The molecule has 0 saturated carbocycles. The van der Waals surface area contributed by atoms with Crippen LogP contribution in [0, 0.1) is 6.92 Å². The topological polar surface area (TPSA) is 66.5 Å². The van der Waals surface area contributed by atoms with Gasteiger partial charge in [0.2, 0.25) is 15.9 Å². The highest BCUT2D eigenvalue weighted by Gasteiger charge is 2.20. The lowest BCUT2D eigenvalue weighted by Crippen LogP contribution is -2.40. The van der Waals surface area contributed by atoms with Gasteiger partial charge in [-0.3, -0.25) is 9.10 Å². The maximum atomic E-state index is 12.2. The minimum Gasteiger partial charge on any atom is -0.355 e. The first kappa shape index (κ1) is 20.3. The second-order valence-electron chi connectivity index (χ2n) is 6.19. The number of halogens is 1. The molecule has 2 aromatic carbocycles. The summed E-state index contributed by atoms with van der Waals surface area (Å²) in [5.74, 6) is -0.338. The van der Waals surface area contributed by atoms with Crippen LogP contribution in [-0.4, -0.2) is 33.7 Å². The summed E-state index contributed by atoms with van der Waals surface area (Å²) >= 11 is 5.83. The maximum absolute atomic E-state index is 12.2. The molecule has 1 N–H and O–H groups in total. The van der Waals surface area contributed by atoms with E-state index in [0.717, 1.165) is 23.4 Å². The van der Waals surface area contributed by atoms with Crippen LogP contribution in [0.5, 0.6) is 0 Å². The van der Waals surface area contributed by atoms with E-state index in [-0.39, 0.29) is 12.5 Å². The lowest BCUT2D eigenvalue weighted by Gasteiger charge is -2.22. The summed E-state index contributed by atoms with van der Waals surface area (Å²) in [6.45, 7) is 2.28. The van der Waals surface area contributed by atoms with E-state index in [2.05, 4.69) is 17.4 Å². The van der Waals surface area contributed by atoms with Crippen LogP contribution in [-0.2, 0) is 21.2 Å². The monoisotopic (exact) mass is 394 g/mol. The molecule has 26 heavy (non-hydrogen) atoms. The fourth-order valence-electron chi connectivity index (χ4n) is 2.58. The largest absolute Gasteiger partial charge is 0.355 e. The normalized spacial score (nSPS) is 11.2. The Hall–Kier alpha value is -2.05. The molecule has 7 heteroatoms. The third-order valence-electron chi connectivity index (χ3n) is 3.85. The van der Waals surface area contributed by atoms with Gasteiger partial charge in [0.15, 0.2) is 0 Å². The molecule has 1 amide bonds. The van der Waals surface area contributed by atoms with E-state index in [0.29, 0.717) is 17.3 Å². The Morgan fingerprint density at radius 3 is 2.46 bits per heavy atom. The molecule has 0 spiro atoms. The van der Waals surface area contributed by atoms with Crippen molar-refractivity contribution in [1.82, 2.24) is 5.32 Å². The number of hydrogen-bond donors (Lipinski definition) is 1. The van der Waals surface area contributed by atoms with Crippen LogP contribution in [0.4, 0.5) is 5.69 Å². The quantitative estimate of drug-likeness (QED) is 0.699. The standard InChI is InChI=1S/C19H23ClN2O3S/c1-15-5-3-6-16(13-15)7-4-12-21-19(23)14-22(26(2,24)25)18-10-8-17(20)9-11-18/h3,5-6,8-11,13H,4,7,12,14H2,1-2H3,(H,21,23). The third kappa shape index (κ3) is 6.35. The van der Waals surface area contributed by atoms with Crippen molar-refractivity contribution in [1.29, 1.82) is 0 Å². The van der Waals surface area contributed by atoms with Gasteiger partial charge in [-0.2, -0.15) is 0 Å². The van der Waals surface area contributed by atoms with Crippen molar-refractivity contribution < 1.29 is 13.2 Å². The van der Waals surface area contributed by atoms with Crippen LogP contribution in [0.25, 0.3) is 0 Å². The van der Waals surface area contributed by atoms with Gasteiger partial charge < -0.3 is 5.32 Å². The zero-order valence-corrected chi connectivity index (χ0v) is 16.5. The number of nitrogens with one attached hydrogen (secondary N) is 1. The van der Waals surface area contributed by atoms with E-state index in [1.807, 2.05) is 19.1 Å². The molecule has 2 rings (SSSR count). The summed E-state index contributed by atoms with van der Waals surface area (Å²) in [5, 5.41) is 3.28. The highest BCUT2D eigenvalue weighted by molar-refractivity contribution is 7.92. The number of anilines is 1. The Kier molecular flexibility index (Phi) is 7.06. The molecule has 0 aliphatic rings. The van der Waals surface area contributed by atoms with Gasteiger partial charge in [0.25, 0.3) is 0 Å². The molecule has 0 bridgehead atoms. The van der Waals surface area contributed by atoms with Gasteiger partial charge in [-0.05, 0) is 49.6 Å². The fourth-order valence-corrected chi connectivity index (χ4v) is 3.56. The minimum absolute atomic E-state index is 0.259. The number of amides is 1. The predicted octanol–water partition coefficient (Wildman–Crippen LogP) is 3.16. The minimum atomic E-state index is -3.57. The number of carbonyl (C=O) groups is 1. The van der Waals surface area contributed by atoms with Crippen molar-refractivity contribution in [2.24, 2.45) is 0 Å². The summed E-state index contributed by atoms with van der Waals surface area (Å²) in [7, 11) is -3.57. The van der Waals surface area contributed by atoms with Crippen molar-refractivity contribution in [3.63, 3.8) is 0 Å². The first-order valence-electron chi connectivity index (χ1n) is 8.31. The summed E-state index contributed by atoms with van der Waals surface area (Å²) < 4.78 is 25.1. The summed E-state index contributed by atoms with van der Waals surface area (Å²) in [4.78, 5) is 12.2. The second kappa shape index (κ2) is 9.05. The summed E-state index contributed by atoms with van der Waals surface area (Å²) in [6.07, 6.45) is 2.72. The van der Waals surface area contributed by atoms with E-state index in [1.54, 1.807) is 24.3 Å². The molecule has 0 aliphatic carbocycles. The molecule has 0 heterocycles. The highest BCUT2D eigenvalue weighted by Crippen LogP contribution is 2.20. The molecule has 0 saturated heterocycles. The summed E-state index contributed by atoms with van der Waals surface area (Å²) in [5.41, 5.74) is 2.84. The van der Waals surface area contributed by atoms with Crippen LogP contribution in [0.1, 0.15) is 17.5 Å². The van der Waals surface area contributed by atoms with Crippen LogP contribution < -0.4 is 9.62 Å². The number of carbonyl (C=O) groups excluding carboxylic acids is 1. The van der Waals surface area contributed by atoms with Crippen molar-refractivity contribution >= 4 is 33.2 Å². The number of hydrogen-bond acceptors (Lipinski definition) is 3. The van der Waals surface area contributed by atoms with Crippen LogP contribution in [0.15, 0.2) is 48.5 Å². The Bertz CT molecular complexity index is 851. The van der Waals surface area contributed by atoms with Gasteiger partial charge in [0.1, 0.15) is 6.54 Å². The van der Waals surface area contributed by atoms with Gasteiger partial charge in [0, 0.05) is 11.6 Å². The van der Waals surface area contributed by atoms with Gasteiger partial charge in [-0.15, -0.1) is 0 Å². The molecule has 0 aliphatic heterocycles. The molecule has 140 valence electrons. The zero-order valence-electron chi connectivity index (χ0n) is 14.9. The average Bonchev–Trinajstić information content (AvgIpc) is 2.57. The van der Waals surface area contributed by atoms with Crippen molar-refractivity contribution in [3.05, 3.63) is 64.7 Å². The third-order valence-corrected chi connectivity index (χ3v) is 5.24. The zero-order chi connectivity index (χ0) is 19.2. The average molecular weight is 395 g/mol. The molecule has 0 unspecified atom stereocenters. The van der Waals surface area contributed by atoms with Gasteiger partial charge in [-0.25, -0.2) is 8.42 Å². The number of rotatable bonds is 8. The van der Waals surface area contributed by atoms with Crippen LogP contribution in [0.2, 0.25) is 5.02 Å². The van der Waals surface area contributed by atoms with Gasteiger partial charge in [0.05, 0.1) is 11.9 Å². The smallest absolute Gasteiger partial charge is 0.240 e. The number of aryl methyl sites for hydroxylation is 2. The van der Waals surface area contributed by atoms with Crippen LogP contribution >= 0.6 is 11.6 Å². The molecule has 0 aromatic heterocycles. The Morgan fingerprint density at radius 1 is 1.15 bits per heavy atom. The van der Waals surface area contributed by atoms with E-state index in [9.17, 15) is 13.2 Å². The Labute approximate surface area is 160 Å². The van der Waals surface area contributed by atoms with Crippen molar-refractivity contribution in [2.75, 3.05) is 23.7 Å². The van der Waals surface area contributed by atoms with E-state index in [1.165, 1.54) is 11.1 Å². The first-order chi connectivity index (χ1) is 12.3. The van der Waals surface area contributed by atoms with E-state index >= 15 is 0 Å². The Morgan fingerprint density at radius 2 is 1.85 bits per heavy atom. The van der Waals surface area contributed by atoms with Crippen molar-refractivity contribution in [3.8, 4) is 0 Å². The molecule has 5 nitrogen and oxygen atoms in total. The lowest BCUT2D eigenvalue weighted by molar-refractivity contribution is -0.119. The van der Waals surface area contributed by atoms with Crippen molar-refractivity contribution in [2.45, 2.75) is 19.8 Å². The maximum Gasteiger partial charge on any atom is 0.240 e. The molecule has 0 fully saturated rings. The predicted molar refractivity (Wildman–Crippen MR) is 106 cm³/mol. The molecular formula is C19H23ClN2O3S.